The second-order valence-electron chi connectivity index (χ2n) is 18.1. The van der Waals surface area contributed by atoms with Crippen LogP contribution in [0.15, 0.2) is 86.0 Å². The number of nitrogens with zero attached hydrogens (tertiary/aromatic N) is 6. The molecule has 2 saturated heterocycles. The molecule has 6 aromatic rings. The lowest BCUT2D eigenvalue weighted by molar-refractivity contribution is -0.140. The molecule has 2 fully saturated rings. The van der Waals surface area contributed by atoms with Gasteiger partial charge in [0, 0.05) is 50.2 Å². The van der Waals surface area contributed by atoms with Crippen LogP contribution in [0.25, 0.3) is 21.8 Å². The first-order valence-corrected chi connectivity index (χ1v) is 23.9. The lowest BCUT2D eigenvalue weighted by atomic mass is 9.90. The summed E-state index contributed by atoms with van der Waals surface area (Å²) in [5.74, 6) is -1.31. The average molecular weight is 947 g/mol. The zero-order chi connectivity index (χ0) is 48.2. The summed E-state index contributed by atoms with van der Waals surface area (Å²) in [7, 11) is 0. The highest BCUT2D eigenvalue weighted by molar-refractivity contribution is 7.13. The SMILES string of the molecule is CC[C@@H](C(=O)N1C[C@H](O)C[C@H]1C(=O)N[C@@H](C)c1ccc(-c2ocnc2C)cc1)c1cc(CO[C@@H]2C[C@@H](C(=O)NCc3ccc(-c4scnc4C)cc3)N(C(=O)[C@@H](c3cc(C)on3)C(C)C)C2)no1. The highest BCUT2D eigenvalue weighted by atomic mass is 32.1. The van der Waals surface area contributed by atoms with E-state index in [-0.39, 0.29) is 74.7 Å². The van der Waals surface area contributed by atoms with E-state index in [9.17, 15) is 24.3 Å². The molecule has 0 aliphatic carbocycles. The number of likely N-dealkylation sites (tertiary alicyclic amines) is 2. The molecule has 358 valence electrons. The van der Waals surface area contributed by atoms with Crippen molar-refractivity contribution in [2.45, 2.75) is 123 Å². The van der Waals surface area contributed by atoms with Gasteiger partial charge in [0.25, 0.3) is 0 Å². The van der Waals surface area contributed by atoms with E-state index in [1.54, 1.807) is 35.3 Å². The average Bonchev–Trinajstić information content (AvgIpc) is 4.20. The number of carbonyl (C=O) groups excluding carboxylic acids is 4. The molecule has 0 bridgehead atoms. The number of carbonyl (C=O) groups is 4. The number of hydrogen-bond donors (Lipinski definition) is 3. The van der Waals surface area contributed by atoms with Crippen molar-refractivity contribution in [2.75, 3.05) is 13.1 Å². The summed E-state index contributed by atoms with van der Waals surface area (Å²) < 4.78 is 23.0. The maximum atomic E-state index is 14.4. The van der Waals surface area contributed by atoms with Gasteiger partial charge in [-0.2, -0.15) is 0 Å². The molecule has 2 aromatic carbocycles. The van der Waals surface area contributed by atoms with Gasteiger partial charge in [-0.15, -0.1) is 11.3 Å². The number of hydrogen-bond acceptors (Lipinski definition) is 14. The van der Waals surface area contributed by atoms with Crippen molar-refractivity contribution < 1.29 is 42.5 Å². The Morgan fingerprint density at radius 1 is 0.853 bits per heavy atom. The molecule has 0 unspecified atom stereocenters. The van der Waals surface area contributed by atoms with Gasteiger partial charge in [0.1, 0.15) is 29.3 Å². The van der Waals surface area contributed by atoms with Gasteiger partial charge >= 0.3 is 0 Å². The molecule has 68 heavy (non-hydrogen) atoms. The zero-order valence-corrected chi connectivity index (χ0v) is 40.1. The number of β-amino-alcohol motifs (C(OH)–C–C–N with tert-alkyl or cyclic N) is 1. The fourth-order valence-electron chi connectivity index (χ4n) is 9.20. The van der Waals surface area contributed by atoms with Crippen molar-refractivity contribution in [3.8, 4) is 21.8 Å². The standard InChI is InChI=1S/C50H58N8O9S/c1-8-39(49(62)57-22-37(59)19-41(57)48(61)54-29(5)33-13-15-34(16-14-33)45-30(6)52-25-65-45)43-18-36(55-67-43)24-64-38-20-42(58(23-38)50(63)44(27(2)3)40-17-28(4)66-56-40)47(60)51-21-32-9-11-35(12-10-32)46-31(7)53-26-68-46/h9-18,25-27,29,37-39,41-42,44,59H,8,19-24H2,1-7H3,(H,51,60)(H,54,61)/t29-,37+,38+,39+,41-,42-,44+/m0/s1. The number of aliphatic hydroxyl groups excluding tert-OH is 1. The number of amides is 4. The molecule has 2 aliphatic rings. The summed E-state index contributed by atoms with van der Waals surface area (Å²) in [5, 5.41) is 25.2. The van der Waals surface area contributed by atoms with Gasteiger partial charge in [-0.3, -0.25) is 19.2 Å². The number of aliphatic hydroxyl groups is 1. The van der Waals surface area contributed by atoms with Crippen LogP contribution in [0.2, 0.25) is 0 Å². The molecule has 18 heteroatoms. The molecule has 4 amide bonds. The van der Waals surface area contributed by atoms with E-state index in [4.69, 9.17) is 18.2 Å². The molecule has 7 atom stereocenters. The lowest BCUT2D eigenvalue weighted by Gasteiger charge is -2.29. The van der Waals surface area contributed by atoms with Crippen LogP contribution < -0.4 is 10.6 Å². The Morgan fingerprint density at radius 2 is 1.57 bits per heavy atom. The first-order valence-electron chi connectivity index (χ1n) is 23.1. The minimum atomic E-state index is -0.892. The Hall–Kier alpha value is -6.50. The maximum Gasteiger partial charge on any atom is 0.243 e. The van der Waals surface area contributed by atoms with E-state index in [1.165, 1.54) is 11.3 Å². The van der Waals surface area contributed by atoms with Crippen LogP contribution in [-0.2, 0) is 37.1 Å². The molecule has 17 nitrogen and oxygen atoms in total. The normalized spacial score (nSPS) is 19.6. The van der Waals surface area contributed by atoms with Crippen LogP contribution in [0.3, 0.4) is 0 Å². The molecule has 3 N–H and O–H groups in total. The summed E-state index contributed by atoms with van der Waals surface area (Å²) in [4.78, 5) is 69.0. The number of ether oxygens (including phenoxy) is 1. The molecule has 2 aliphatic heterocycles. The van der Waals surface area contributed by atoms with Crippen molar-refractivity contribution in [3.63, 3.8) is 0 Å². The Labute approximate surface area is 398 Å². The number of oxazole rings is 1. The highest BCUT2D eigenvalue weighted by Crippen LogP contribution is 2.34. The topological polar surface area (TPSA) is 219 Å². The van der Waals surface area contributed by atoms with E-state index < -0.39 is 36.1 Å². The number of benzene rings is 2. The smallest absolute Gasteiger partial charge is 0.243 e. The first-order chi connectivity index (χ1) is 32.7. The second-order valence-corrected chi connectivity index (χ2v) is 19.0. The molecule has 6 heterocycles. The summed E-state index contributed by atoms with van der Waals surface area (Å²) in [6, 6.07) is 16.9. The van der Waals surface area contributed by atoms with Crippen LogP contribution in [0, 0.1) is 26.7 Å². The number of nitrogens with one attached hydrogen (secondary N) is 2. The van der Waals surface area contributed by atoms with Crippen LogP contribution >= 0.6 is 11.3 Å². The predicted molar refractivity (Wildman–Crippen MR) is 251 cm³/mol. The summed E-state index contributed by atoms with van der Waals surface area (Å²) >= 11 is 1.58. The Morgan fingerprint density at radius 3 is 2.22 bits per heavy atom. The predicted octanol–water partition coefficient (Wildman–Crippen LogP) is 6.94. The minimum absolute atomic E-state index is 0.00375. The van der Waals surface area contributed by atoms with E-state index in [2.05, 4.69) is 30.9 Å². The van der Waals surface area contributed by atoms with E-state index in [1.807, 2.05) is 95.6 Å². The van der Waals surface area contributed by atoms with E-state index in [0.29, 0.717) is 35.1 Å². The molecule has 0 saturated carbocycles. The van der Waals surface area contributed by atoms with Crippen LogP contribution in [0.1, 0.15) is 110 Å². The van der Waals surface area contributed by atoms with Gasteiger partial charge in [-0.05, 0) is 56.7 Å². The van der Waals surface area contributed by atoms with E-state index in [0.717, 1.165) is 38.5 Å². The summed E-state index contributed by atoms with van der Waals surface area (Å²) in [5.41, 5.74) is 8.16. The van der Waals surface area contributed by atoms with Crippen LogP contribution in [0.4, 0.5) is 0 Å². The lowest BCUT2D eigenvalue weighted by Crippen LogP contribution is -2.48. The fraction of sp³-hybridized carbons (Fsp3) is 0.440. The Kier molecular flexibility index (Phi) is 14.7. The van der Waals surface area contributed by atoms with Gasteiger partial charge in [0.15, 0.2) is 12.2 Å². The van der Waals surface area contributed by atoms with Crippen molar-refractivity contribution >= 4 is 35.0 Å². The van der Waals surface area contributed by atoms with Gasteiger partial charge in [0.05, 0.1) is 64.2 Å². The maximum absolute atomic E-state index is 14.4. The first kappa shape index (κ1) is 48.0. The van der Waals surface area contributed by atoms with Crippen molar-refractivity contribution in [3.05, 3.63) is 118 Å². The quantitative estimate of drug-likeness (QED) is 0.0845. The third kappa shape index (κ3) is 10.5. The van der Waals surface area contributed by atoms with Crippen molar-refractivity contribution in [1.29, 1.82) is 0 Å². The largest absolute Gasteiger partial charge is 0.443 e. The van der Waals surface area contributed by atoms with Crippen LogP contribution in [0.5, 0.6) is 0 Å². The number of aromatic nitrogens is 4. The molecular weight excluding hydrogens is 889 g/mol. The van der Waals surface area contributed by atoms with Gasteiger partial charge in [0.2, 0.25) is 23.6 Å². The molecule has 0 spiro atoms. The number of rotatable bonds is 17. The molecule has 4 aromatic heterocycles. The fourth-order valence-corrected chi connectivity index (χ4v) is 10.0. The van der Waals surface area contributed by atoms with Gasteiger partial charge < -0.3 is 43.7 Å². The Bertz CT molecular complexity index is 2710. The third-order valence-corrected chi connectivity index (χ3v) is 13.9. The molecular formula is C50H58N8O9S. The third-order valence-electron chi connectivity index (χ3n) is 12.9. The van der Waals surface area contributed by atoms with E-state index >= 15 is 0 Å². The second kappa shape index (κ2) is 20.8. The number of aryl methyl sites for hydroxylation is 3. The van der Waals surface area contributed by atoms with Crippen molar-refractivity contribution in [1.82, 2.24) is 40.7 Å². The van der Waals surface area contributed by atoms with Gasteiger partial charge in [-0.25, -0.2) is 9.97 Å². The highest BCUT2D eigenvalue weighted by Gasteiger charge is 2.45. The minimum Gasteiger partial charge on any atom is -0.443 e. The number of thiazole rings is 1. The van der Waals surface area contributed by atoms with Crippen molar-refractivity contribution in [2.24, 2.45) is 5.92 Å². The van der Waals surface area contributed by atoms with Crippen LogP contribution in [-0.4, -0.2) is 96.2 Å². The summed E-state index contributed by atoms with van der Waals surface area (Å²) in [6.45, 7) is 13.6. The molecule has 0 radical (unpaired) electrons. The van der Waals surface area contributed by atoms with Gasteiger partial charge in [-0.1, -0.05) is 79.6 Å². The monoisotopic (exact) mass is 946 g/mol. The summed E-state index contributed by atoms with van der Waals surface area (Å²) in [6.07, 6.45) is 0.662. The Balaban J connectivity index is 0.910. The molecule has 8 rings (SSSR count). The zero-order valence-electron chi connectivity index (χ0n) is 39.3.